The van der Waals surface area contributed by atoms with Crippen molar-refractivity contribution in [2.45, 2.75) is 78.7 Å². The Kier molecular flexibility index (Phi) is 4.62. The van der Waals surface area contributed by atoms with E-state index in [2.05, 4.69) is 39.5 Å². The quantitative estimate of drug-likeness (QED) is 0.624. The van der Waals surface area contributed by atoms with Gasteiger partial charge < -0.3 is 5.11 Å². The third kappa shape index (κ3) is 2.64. The van der Waals surface area contributed by atoms with Crippen LogP contribution < -0.4 is 0 Å². The molecule has 24 heavy (non-hydrogen) atoms. The predicted molar refractivity (Wildman–Crippen MR) is 103 cm³/mol. The second kappa shape index (κ2) is 6.16. The summed E-state index contributed by atoms with van der Waals surface area (Å²) in [5, 5.41) is 10.9. The molecule has 3 rings (SSSR count). The highest BCUT2D eigenvalue weighted by Crippen LogP contribution is 2.64. The van der Waals surface area contributed by atoms with Gasteiger partial charge in [-0.15, -0.1) is 6.58 Å². The first-order chi connectivity index (χ1) is 11.3. The van der Waals surface area contributed by atoms with Gasteiger partial charge in [0, 0.05) is 5.41 Å². The highest BCUT2D eigenvalue weighted by molar-refractivity contribution is 5.29. The molecule has 0 heterocycles. The average molecular weight is 329 g/mol. The molecule has 0 bridgehead atoms. The van der Waals surface area contributed by atoms with Crippen molar-refractivity contribution in [2.24, 2.45) is 28.1 Å². The van der Waals surface area contributed by atoms with Gasteiger partial charge in [0.15, 0.2) is 0 Å². The van der Waals surface area contributed by atoms with Gasteiger partial charge >= 0.3 is 0 Å². The minimum Gasteiger partial charge on any atom is -0.388 e. The first-order valence-electron chi connectivity index (χ1n) is 9.94. The summed E-state index contributed by atoms with van der Waals surface area (Å²) in [5.74, 6) is 1.32. The van der Waals surface area contributed by atoms with Crippen LogP contribution in [0, 0.1) is 28.1 Å². The largest absolute Gasteiger partial charge is 0.388 e. The summed E-state index contributed by atoms with van der Waals surface area (Å²) in [6.45, 7) is 13.3. The predicted octanol–water partition coefficient (Wildman–Crippen LogP) is 6.06. The molecule has 0 aromatic rings. The second-order valence-corrected chi connectivity index (χ2v) is 9.50. The van der Waals surface area contributed by atoms with Crippen LogP contribution in [-0.4, -0.2) is 11.2 Å². The molecule has 2 fully saturated rings. The van der Waals surface area contributed by atoms with Crippen LogP contribution in [0.4, 0.5) is 0 Å². The molecule has 3 aliphatic rings. The van der Waals surface area contributed by atoms with Gasteiger partial charge in [0.05, 0.1) is 6.10 Å². The smallest absolute Gasteiger partial charge is 0.0777 e. The van der Waals surface area contributed by atoms with E-state index in [9.17, 15) is 5.11 Å². The molecule has 1 heteroatoms. The second-order valence-electron chi connectivity index (χ2n) is 9.50. The topological polar surface area (TPSA) is 20.2 Å². The van der Waals surface area contributed by atoms with E-state index in [1.165, 1.54) is 32.1 Å². The zero-order valence-corrected chi connectivity index (χ0v) is 16.1. The SMILES string of the molecule is C=C[C@]1(C)CC=C2C(CCC3[C@@](C)([C@@H](O)/C=C/C)CCC[C@]23C)C1. The fraction of sp³-hybridized carbons (Fsp3) is 0.739. The number of aliphatic hydroxyl groups is 1. The number of hydrogen-bond acceptors (Lipinski definition) is 1. The Hall–Kier alpha value is -0.820. The highest BCUT2D eigenvalue weighted by Gasteiger charge is 2.56. The van der Waals surface area contributed by atoms with Gasteiger partial charge in [0.2, 0.25) is 0 Å². The van der Waals surface area contributed by atoms with Crippen molar-refractivity contribution in [3.63, 3.8) is 0 Å². The minimum absolute atomic E-state index is 0.0184. The molecular formula is C23H36O. The maximum atomic E-state index is 10.9. The van der Waals surface area contributed by atoms with Gasteiger partial charge in [-0.05, 0) is 68.1 Å². The molecule has 0 aromatic carbocycles. The van der Waals surface area contributed by atoms with E-state index in [0.717, 1.165) is 18.8 Å². The lowest BCUT2D eigenvalue weighted by Gasteiger charge is -2.60. The fourth-order valence-electron chi connectivity index (χ4n) is 6.42. The lowest BCUT2D eigenvalue weighted by atomic mass is 9.45. The van der Waals surface area contributed by atoms with Gasteiger partial charge in [0.25, 0.3) is 0 Å². The van der Waals surface area contributed by atoms with Gasteiger partial charge in [0.1, 0.15) is 0 Å². The molecule has 134 valence electrons. The number of rotatable bonds is 3. The first-order valence-corrected chi connectivity index (χ1v) is 9.94. The highest BCUT2D eigenvalue weighted by atomic mass is 16.3. The summed E-state index contributed by atoms with van der Waals surface area (Å²) in [6.07, 6.45) is 17.1. The van der Waals surface area contributed by atoms with Crippen LogP contribution in [-0.2, 0) is 0 Å². The Morgan fingerprint density at radius 1 is 1.25 bits per heavy atom. The fourth-order valence-corrected chi connectivity index (χ4v) is 6.42. The molecule has 3 aliphatic carbocycles. The van der Waals surface area contributed by atoms with Gasteiger partial charge in [-0.2, -0.15) is 0 Å². The van der Waals surface area contributed by atoms with Crippen molar-refractivity contribution < 1.29 is 5.11 Å². The van der Waals surface area contributed by atoms with Gasteiger partial charge in [-0.1, -0.05) is 57.1 Å². The van der Waals surface area contributed by atoms with Crippen molar-refractivity contribution in [1.29, 1.82) is 0 Å². The molecule has 0 saturated heterocycles. The summed E-state index contributed by atoms with van der Waals surface area (Å²) in [6, 6.07) is 0. The van der Waals surface area contributed by atoms with Crippen LogP contribution in [0.25, 0.3) is 0 Å². The van der Waals surface area contributed by atoms with Crippen molar-refractivity contribution in [3.8, 4) is 0 Å². The van der Waals surface area contributed by atoms with Crippen molar-refractivity contribution in [1.82, 2.24) is 0 Å². The van der Waals surface area contributed by atoms with E-state index in [4.69, 9.17) is 0 Å². The Balaban J connectivity index is 1.96. The van der Waals surface area contributed by atoms with Crippen LogP contribution in [0.3, 0.4) is 0 Å². The molecule has 0 aromatic heterocycles. The Morgan fingerprint density at radius 2 is 2.00 bits per heavy atom. The van der Waals surface area contributed by atoms with Crippen molar-refractivity contribution in [3.05, 3.63) is 36.5 Å². The zero-order chi connectivity index (χ0) is 17.6. The maximum absolute atomic E-state index is 10.9. The van der Waals surface area contributed by atoms with E-state index in [-0.39, 0.29) is 22.3 Å². The molecule has 6 atom stereocenters. The number of hydrogen-bond donors (Lipinski definition) is 1. The molecule has 0 spiro atoms. The third-order valence-electron chi connectivity index (χ3n) is 7.92. The van der Waals surface area contributed by atoms with E-state index in [1.54, 1.807) is 5.57 Å². The Bertz CT molecular complexity index is 558. The zero-order valence-electron chi connectivity index (χ0n) is 16.1. The van der Waals surface area contributed by atoms with Crippen molar-refractivity contribution >= 4 is 0 Å². The number of fused-ring (bicyclic) bond motifs is 3. The average Bonchev–Trinajstić information content (AvgIpc) is 2.54. The maximum Gasteiger partial charge on any atom is 0.0777 e. The molecule has 1 N–H and O–H groups in total. The van der Waals surface area contributed by atoms with Crippen molar-refractivity contribution in [2.75, 3.05) is 0 Å². The van der Waals surface area contributed by atoms with E-state index < -0.39 is 0 Å². The normalized spacial score (nSPS) is 46.8. The molecule has 0 amide bonds. The summed E-state index contributed by atoms with van der Waals surface area (Å²) in [5.41, 5.74) is 2.29. The van der Waals surface area contributed by atoms with Gasteiger partial charge in [-0.3, -0.25) is 0 Å². The van der Waals surface area contributed by atoms with Crippen LogP contribution in [0.15, 0.2) is 36.5 Å². The summed E-state index contributed by atoms with van der Waals surface area (Å²) in [4.78, 5) is 0. The molecule has 2 saturated carbocycles. The Morgan fingerprint density at radius 3 is 2.67 bits per heavy atom. The lowest BCUT2D eigenvalue weighted by Crippen LogP contribution is -2.53. The standard InChI is InChI=1S/C23H36O/c1-6-9-20(24)23(5)14-8-13-22(4)18-12-15-21(3,7-2)16-17(18)10-11-19(22)23/h6-7,9,12,17,19-20,24H,2,8,10-11,13-16H2,1,3-5H3/b9-6+/t17?,19?,20-,21+,22+,23-/m0/s1. The molecule has 2 unspecified atom stereocenters. The molecule has 0 radical (unpaired) electrons. The monoisotopic (exact) mass is 328 g/mol. The van der Waals surface area contributed by atoms with E-state index >= 15 is 0 Å². The van der Waals surface area contributed by atoms with E-state index in [1.807, 2.05) is 19.1 Å². The summed E-state index contributed by atoms with van der Waals surface area (Å²) >= 11 is 0. The number of aliphatic hydroxyl groups excluding tert-OH is 1. The van der Waals surface area contributed by atoms with Gasteiger partial charge in [-0.25, -0.2) is 0 Å². The number of allylic oxidation sites excluding steroid dienone is 4. The van der Waals surface area contributed by atoms with Crippen LogP contribution in [0.1, 0.15) is 72.6 Å². The minimum atomic E-state index is -0.314. The van der Waals surface area contributed by atoms with E-state index in [0.29, 0.717) is 5.92 Å². The summed E-state index contributed by atoms with van der Waals surface area (Å²) in [7, 11) is 0. The first kappa shape index (κ1) is 18.0. The molecule has 0 aliphatic heterocycles. The third-order valence-corrected chi connectivity index (χ3v) is 7.92. The van der Waals surface area contributed by atoms with Crippen LogP contribution in [0.2, 0.25) is 0 Å². The summed E-state index contributed by atoms with van der Waals surface area (Å²) < 4.78 is 0. The molecular weight excluding hydrogens is 292 g/mol. The Labute approximate surface area is 148 Å². The molecule has 1 nitrogen and oxygen atoms in total. The van der Waals surface area contributed by atoms with Crippen LogP contribution >= 0.6 is 0 Å². The van der Waals surface area contributed by atoms with Crippen LogP contribution in [0.5, 0.6) is 0 Å². The lowest BCUT2D eigenvalue weighted by molar-refractivity contribution is -0.0818.